The minimum absolute atomic E-state index is 0.0864. The van der Waals surface area contributed by atoms with E-state index in [0.29, 0.717) is 11.6 Å². The number of hydrogen-bond donors (Lipinski definition) is 3. The smallest absolute Gasteiger partial charge is 0.160 e. The van der Waals surface area contributed by atoms with Crippen molar-refractivity contribution in [2.45, 2.75) is 70.8 Å². The molecule has 36 heavy (non-hydrogen) atoms. The molecule has 3 N–H and O–H groups in total. The third kappa shape index (κ3) is 4.17. The highest BCUT2D eigenvalue weighted by atomic mass is 16.3. The van der Waals surface area contributed by atoms with Gasteiger partial charge in [-0.15, -0.1) is 0 Å². The molecule has 5 aromatic rings. The SMILES string of the molecule is CC(C)c1c(-c2cc(CO)c3ncnn3c2)[nH]c2ccc(C3CCC(CCc4cn[nH]n4)CC3)nc12. The van der Waals surface area contributed by atoms with Gasteiger partial charge in [0.05, 0.1) is 35.2 Å². The number of pyridine rings is 2. The first-order valence-electron chi connectivity index (χ1n) is 12.9. The summed E-state index contributed by atoms with van der Waals surface area (Å²) >= 11 is 0. The molecule has 0 radical (unpaired) electrons. The number of aromatic amines is 2. The van der Waals surface area contributed by atoms with Gasteiger partial charge >= 0.3 is 0 Å². The largest absolute Gasteiger partial charge is 0.392 e. The summed E-state index contributed by atoms with van der Waals surface area (Å²) in [5, 5.41) is 25.0. The summed E-state index contributed by atoms with van der Waals surface area (Å²) in [5.74, 6) is 1.54. The number of fused-ring (bicyclic) bond motifs is 2. The lowest BCUT2D eigenvalue weighted by Crippen LogP contribution is -2.15. The zero-order valence-corrected chi connectivity index (χ0v) is 20.8. The highest BCUT2D eigenvalue weighted by Gasteiger charge is 2.25. The van der Waals surface area contributed by atoms with Gasteiger partial charge in [0.25, 0.3) is 0 Å². The fourth-order valence-corrected chi connectivity index (χ4v) is 5.81. The zero-order chi connectivity index (χ0) is 24.6. The van der Waals surface area contributed by atoms with Crippen LogP contribution >= 0.6 is 0 Å². The zero-order valence-electron chi connectivity index (χ0n) is 20.8. The van der Waals surface area contributed by atoms with Gasteiger partial charge in [-0.3, -0.25) is 4.98 Å². The maximum Gasteiger partial charge on any atom is 0.160 e. The number of nitrogens with one attached hydrogen (secondary N) is 2. The van der Waals surface area contributed by atoms with Crippen molar-refractivity contribution in [3.8, 4) is 11.3 Å². The Kier molecular flexibility index (Phi) is 6.00. The van der Waals surface area contributed by atoms with Crippen molar-refractivity contribution in [1.82, 2.24) is 40.0 Å². The first-order valence-corrected chi connectivity index (χ1v) is 12.9. The van der Waals surface area contributed by atoms with Gasteiger partial charge in [0.1, 0.15) is 6.33 Å². The van der Waals surface area contributed by atoms with Crippen LogP contribution in [0.15, 0.2) is 36.9 Å². The number of aromatic nitrogens is 8. The van der Waals surface area contributed by atoms with Gasteiger partial charge in [-0.2, -0.15) is 20.5 Å². The Bertz CT molecular complexity index is 1470. The molecule has 1 saturated carbocycles. The van der Waals surface area contributed by atoms with Crippen LogP contribution in [0.1, 0.15) is 80.3 Å². The molecular formula is C27H32N8O. The Morgan fingerprint density at radius 1 is 1.17 bits per heavy atom. The summed E-state index contributed by atoms with van der Waals surface area (Å²) in [6.07, 6.45) is 12.3. The number of aryl methyl sites for hydroxylation is 1. The fourth-order valence-electron chi connectivity index (χ4n) is 5.81. The number of H-pyrrole nitrogens is 2. The predicted octanol–water partition coefficient (Wildman–Crippen LogP) is 4.91. The average molecular weight is 485 g/mol. The second-order valence-electron chi connectivity index (χ2n) is 10.4. The lowest BCUT2D eigenvalue weighted by Gasteiger charge is -2.28. The molecule has 0 atom stereocenters. The van der Waals surface area contributed by atoms with Crippen molar-refractivity contribution in [1.29, 1.82) is 0 Å². The highest BCUT2D eigenvalue weighted by Crippen LogP contribution is 2.40. The van der Waals surface area contributed by atoms with Gasteiger partial charge in [0, 0.05) is 34.5 Å². The van der Waals surface area contributed by atoms with E-state index in [2.05, 4.69) is 56.5 Å². The Morgan fingerprint density at radius 3 is 2.78 bits per heavy atom. The van der Waals surface area contributed by atoms with Crippen LogP contribution in [-0.4, -0.2) is 45.1 Å². The van der Waals surface area contributed by atoms with Crippen molar-refractivity contribution in [2.24, 2.45) is 5.92 Å². The van der Waals surface area contributed by atoms with Gasteiger partial charge in [-0.1, -0.05) is 13.8 Å². The van der Waals surface area contributed by atoms with Crippen molar-refractivity contribution < 1.29 is 5.11 Å². The molecule has 5 heterocycles. The topological polar surface area (TPSA) is 121 Å². The van der Waals surface area contributed by atoms with E-state index in [1.54, 1.807) is 4.52 Å². The quantitative estimate of drug-likeness (QED) is 0.302. The number of aliphatic hydroxyl groups is 1. The highest BCUT2D eigenvalue weighted by molar-refractivity contribution is 5.88. The molecule has 0 bridgehead atoms. The van der Waals surface area contributed by atoms with Gasteiger partial charge < -0.3 is 10.1 Å². The maximum absolute atomic E-state index is 9.91. The average Bonchev–Trinajstić information content (AvgIpc) is 3.66. The molecule has 0 aromatic carbocycles. The van der Waals surface area contributed by atoms with E-state index in [4.69, 9.17) is 4.98 Å². The lowest BCUT2D eigenvalue weighted by atomic mass is 9.78. The molecular weight excluding hydrogens is 452 g/mol. The minimum Gasteiger partial charge on any atom is -0.392 e. The van der Waals surface area contributed by atoms with E-state index in [0.717, 1.165) is 45.9 Å². The molecule has 9 nitrogen and oxygen atoms in total. The van der Waals surface area contributed by atoms with Crippen LogP contribution in [0.4, 0.5) is 0 Å². The third-order valence-corrected chi connectivity index (χ3v) is 7.73. The molecule has 0 amide bonds. The van der Waals surface area contributed by atoms with E-state index in [1.165, 1.54) is 49.7 Å². The van der Waals surface area contributed by atoms with E-state index in [9.17, 15) is 5.11 Å². The van der Waals surface area contributed by atoms with Crippen molar-refractivity contribution >= 4 is 16.7 Å². The van der Waals surface area contributed by atoms with Crippen LogP contribution in [0, 0.1) is 5.92 Å². The Balaban J connectivity index is 1.27. The van der Waals surface area contributed by atoms with Crippen molar-refractivity contribution in [3.63, 3.8) is 0 Å². The molecule has 0 saturated heterocycles. The van der Waals surface area contributed by atoms with Crippen LogP contribution in [-0.2, 0) is 13.0 Å². The molecule has 1 fully saturated rings. The predicted molar refractivity (Wildman–Crippen MR) is 137 cm³/mol. The van der Waals surface area contributed by atoms with Gasteiger partial charge in [0.15, 0.2) is 5.65 Å². The Morgan fingerprint density at radius 2 is 2.03 bits per heavy atom. The summed E-state index contributed by atoms with van der Waals surface area (Å²) in [6.45, 7) is 4.33. The fraction of sp³-hybridized carbons (Fsp3) is 0.444. The third-order valence-electron chi connectivity index (χ3n) is 7.73. The molecule has 1 aliphatic carbocycles. The van der Waals surface area contributed by atoms with Crippen LogP contribution in [0.25, 0.3) is 27.9 Å². The molecule has 0 aliphatic heterocycles. The summed E-state index contributed by atoms with van der Waals surface area (Å²) < 4.78 is 1.73. The number of hydrogen-bond acceptors (Lipinski definition) is 6. The van der Waals surface area contributed by atoms with E-state index in [-0.39, 0.29) is 12.5 Å². The van der Waals surface area contributed by atoms with Crippen LogP contribution in [0.3, 0.4) is 0 Å². The van der Waals surface area contributed by atoms with Crippen LogP contribution in [0.2, 0.25) is 0 Å². The normalized spacial score (nSPS) is 18.6. The second-order valence-corrected chi connectivity index (χ2v) is 10.4. The number of rotatable bonds is 7. The summed E-state index contributed by atoms with van der Waals surface area (Å²) in [6, 6.07) is 6.39. The van der Waals surface area contributed by atoms with Gasteiger partial charge in [0.2, 0.25) is 0 Å². The molecule has 0 unspecified atom stereocenters. The van der Waals surface area contributed by atoms with E-state index in [1.807, 2.05) is 18.5 Å². The van der Waals surface area contributed by atoms with Gasteiger partial charge in [-0.25, -0.2) is 9.50 Å². The molecule has 1 aliphatic rings. The van der Waals surface area contributed by atoms with E-state index < -0.39 is 0 Å². The first kappa shape index (κ1) is 22.8. The molecule has 5 aromatic heterocycles. The standard InChI is InChI=1S/C27H32N8O/c1-16(2)24-25(19-11-20(14-36)27-28-15-30-35(27)13-19)32-23-10-9-22(31-26(23)24)18-6-3-17(4-7-18)5-8-21-12-29-34-33-21/h9-13,15-18,32,36H,3-8,14H2,1-2H3,(H,29,33,34). The first-order chi connectivity index (χ1) is 17.6. The second kappa shape index (κ2) is 9.46. The van der Waals surface area contributed by atoms with Crippen molar-refractivity contribution in [2.75, 3.05) is 0 Å². The summed E-state index contributed by atoms with van der Waals surface area (Å²) in [4.78, 5) is 13.1. The number of nitrogens with zero attached hydrogens (tertiary/aromatic N) is 6. The summed E-state index contributed by atoms with van der Waals surface area (Å²) in [7, 11) is 0. The summed E-state index contributed by atoms with van der Waals surface area (Å²) in [5.41, 5.74) is 9.01. The molecule has 9 heteroatoms. The van der Waals surface area contributed by atoms with Crippen LogP contribution in [0.5, 0.6) is 0 Å². The molecule has 0 spiro atoms. The Labute approximate surface area is 209 Å². The number of aliphatic hydroxyl groups excluding tert-OH is 1. The lowest BCUT2D eigenvalue weighted by molar-refractivity contribution is 0.282. The van der Waals surface area contributed by atoms with E-state index >= 15 is 0 Å². The molecule has 186 valence electrons. The van der Waals surface area contributed by atoms with Crippen molar-refractivity contribution in [3.05, 3.63) is 59.4 Å². The maximum atomic E-state index is 9.91. The Hall–Kier alpha value is -3.59. The monoisotopic (exact) mass is 484 g/mol. The molecule has 6 rings (SSSR count). The minimum atomic E-state index is -0.0864. The van der Waals surface area contributed by atoms with Crippen LogP contribution < -0.4 is 0 Å². The van der Waals surface area contributed by atoms with Gasteiger partial charge in [-0.05, 0) is 68.6 Å².